The molecule has 0 fully saturated rings. The first-order valence-electron chi connectivity index (χ1n) is 26.2. The van der Waals surface area contributed by atoms with Crippen molar-refractivity contribution in [3.05, 3.63) is 203 Å². The number of fused-ring (bicyclic) bond motifs is 3. The topological polar surface area (TPSA) is 25.8 Å². The molecule has 0 N–H and O–H groups in total. The second kappa shape index (κ2) is 22.6. The van der Waals surface area contributed by atoms with E-state index in [1.165, 1.54) is 134 Å². The molecule has 9 rings (SSSR count). The van der Waals surface area contributed by atoms with Gasteiger partial charge in [0.05, 0.1) is 11.4 Å². The van der Waals surface area contributed by atoms with Crippen LogP contribution in [0, 0.1) is 13.8 Å². The van der Waals surface area contributed by atoms with Gasteiger partial charge in [-0.2, -0.15) is 0 Å². The normalized spacial score (nSPS) is 12.6. The van der Waals surface area contributed by atoms with Crippen LogP contribution < -0.4 is 0 Å². The van der Waals surface area contributed by atoms with E-state index in [1.807, 2.05) is 0 Å². The molecular weight excluding hydrogens is 833 g/mol. The Hall–Kier alpha value is -6.64. The molecular formula is C67H70N2. The fourth-order valence-corrected chi connectivity index (χ4v) is 10.7. The molecule has 1 aliphatic carbocycles. The summed E-state index contributed by atoms with van der Waals surface area (Å²) in [6.45, 7) is 9.04. The Morgan fingerprint density at radius 1 is 0.362 bits per heavy atom. The minimum Gasteiger partial charge on any atom is -0.228 e. The summed E-state index contributed by atoms with van der Waals surface area (Å²) in [6, 6.07) is 62.6. The van der Waals surface area contributed by atoms with Gasteiger partial charge in [0.15, 0.2) is 5.82 Å². The first kappa shape index (κ1) is 47.4. The van der Waals surface area contributed by atoms with E-state index in [4.69, 9.17) is 9.97 Å². The third-order valence-electron chi connectivity index (χ3n) is 14.6. The summed E-state index contributed by atoms with van der Waals surface area (Å²) in [5.41, 5.74) is 20.5. The minimum atomic E-state index is -0.0303. The molecule has 0 saturated carbocycles. The lowest BCUT2D eigenvalue weighted by molar-refractivity contribution is 0.398. The zero-order chi connectivity index (χ0) is 47.4. The molecule has 0 aliphatic heterocycles. The first-order chi connectivity index (χ1) is 33.9. The van der Waals surface area contributed by atoms with E-state index >= 15 is 0 Å². The Labute approximate surface area is 413 Å². The van der Waals surface area contributed by atoms with E-state index in [1.54, 1.807) is 5.56 Å². The maximum atomic E-state index is 5.58. The predicted octanol–water partition coefficient (Wildman–Crippen LogP) is 19.4. The lowest BCUT2D eigenvalue weighted by Crippen LogP contribution is -2.25. The van der Waals surface area contributed by atoms with Gasteiger partial charge in [-0.25, -0.2) is 9.97 Å². The molecule has 0 spiro atoms. The number of nitrogens with zero attached hydrogens (tertiary/aromatic N) is 2. The lowest BCUT2D eigenvalue weighted by Gasteiger charge is -2.33. The van der Waals surface area contributed by atoms with Gasteiger partial charge in [0.1, 0.15) is 0 Å². The van der Waals surface area contributed by atoms with Crippen molar-refractivity contribution in [1.82, 2.24) is 9.97 Å². The van der Waals surface area contributed by atoms with Gasteiger partial charge in [-0.15, -0.1) is 0 Å². The highest BCUT2D eigenvalue weighted by Crippen LogP contribution is 2.55. The summed E-state index contributed by atoms with van der Waals surface area (Å²) >= 11 is 0. The van der Waals surface area contributed by atoms with E-state index in [-0.39, 0.29) is 5.41 Å². The molecule has 0 atom stereocenters. The molecule has 2 heteroatoms. The summed E-state index contributed by atoms with van der Waals surface area (Å²) < 4.78 is 0. The van der Waals surface area contributed by atoms with Gasteiger partial charge in [-0.05, 0) is 113 Å². The SMILES string of the molecule is CCCCCCCCC1(CCCCCCCC)c2cc(C)ccc2-c2ccc(-c3cc(-c4ccc(/C=C/c5ccc(C)cc5)cc4)nc(-c4cc(-c5ccccc5)cc(-c5ccccc5)c4)n3)cc21. The molecule has 0 bridgehead atoms. The molecule has 0 saturated heterocycles. The van der Waals surface area contributed by atoms with Gasteiger partial charge in [-0.1, -0.05) is 254 Å². The third kappa shape index (κ3) is 11.3. The van der Waals surface area contributed by atoms with Crippen molar-refractivity contribution in [3.8, 4) is 67.3 Å². The smallest absolute Gasteiger partial charge is 0.160 e. The highest BCUT2D eigenvalue weighted by atomic mass is 14.9. The molecule has 69 heavy (non-hydrogen) atoms. The van der Waals surface area contributed by atoms with E-state index in [9.17, 15) is 0 Å². The number of aromatic nitrogens is 2. The second-order valence-corrected chi connectivity index (χ2v) is 19.8. The van der Waals surface area contributed by atoms with Gasteiger partial charge < -0.3 is 0 Å². The average Bonchev–Trinajstić information content (AvgIpc) is 3.66. The first-order valence-corrected chi connectivity index (χ1v) is 26.2. The molecule has 0 unspecified atom stereocenters. The van der Waals surface area contributed by atoms with Gasteiger partial charge in [0.25, 0.3) is 0 Å². The van der Waals surface area contributed by atoms with Crippen LogP contribution in [-0.4, -0.2) is 9.97 Å². The second-order valence-electron chi connectivity index (χ2n) is 19.8. The van der Waals surface area contributed by atoms with E-state index < -0.39 is 0 Å². The standard InChI is InChI=1S/C67H70N2/c1-5-7-9-11-13-21-41-67(42-22-14-12-10-8-6-2)62-43-50(4)29-39-60(62)61-40-38-56(47-63(61)67)65-48-64(55-36-34-52(35-37-55)33-32-51-30-27-49(3)28-31-51)68-66(69-65)59-45-57(53-23-17-15-18-24-53)44-58(46-59)54-25-19-16-20-26-54/h15-20,23-40,43-48H,5-14,21-22,41-42H2,1-4H3/b33-32+. The van der Waals surface area contributed by atoms with Crippen LogP contribution in [-0.2, 0) is 5.41 Å². The number of rotatable bonds is 21. The molecule has 1 aromatic heterocycles. The largest absolute Gasteiger partial charge is 0.228 e. The number of hydrogen-bond donors (Lipinski definition) is 0. The molecule has 8 aromatic rings. The summed E-state index contributed by atoms with van der Waals surface area (Å²) in [6.07, 6.45) is 22.4. The predicted molar refractivity (Wildman–Crippen MR) is 296 cm³/mol. The third-order valence-corrected chi connectivity index (χ3v) is 14.6. The van der Waals surface area contributed by atoms with Crippen molar-refractivity contribution in [3.63, 3.8) is 0 Å². The minimum absolute atomic E-state index is 0.0303. The summed E-state index contributed by atoms with van der Waals surface area (Å²) in [5.74, 6) is 0.727. The molecule has 1 heterocycles. The Kier molecular flexibility index (Phi) is 15.6. The van der Waals surface area contributed by atoms with Crippen LogP contribution in [0.15, 0.2) is 170 Å². The van der Waals surface area contributed by atoms with E-state index in [2.05, 4.69) is 210 Å². The zero-order valence-corrected chi connectivity index (χ0v) is 41.6. The molecule has 7 aromatic carbocycles. The Balaban J connectivity index is 1.17. The van der Waals surface area contributed by atoms with Crippen LogP contribution in [0.25, 0.3) is 79.4 Å². The molecule has 1 aliphatic rings. The molecule has 0 radical (unpaired) electrons. The quantitative estimate of drug-likeness (QED) is 0.0530. The number of unbranched alkanes of at least 4 members (excludes halogenated alkanes) is 10. The maximum Gasteiger partial charge on any atom is 0.160 e. The fourth-order valence-electron chi connectivity index (χ4n) is 10.7. The number of aryl methyl sites for hydroxylation is 2. The van der Waals surface area contributed by atoms with Gasteiger partial charge in [0, 0.05) is 22.1 Å². The van der Waals surface area contributed by atoms with Crippen molar-refractivity contribution < 1.29 is 0 Å². The average molecular weight is 903 g/mol. The molecule has 348 valence electrons. The van der Waals surface area contributed by atoms with Gasteiger partial charge in [-0.3, -0.25) is 0 Å². The van der Waals surface area contributed by atoms with Crippen molar-refractivity contribution in [1.29, 1.82) is 0 Å². The van der Waals surface area contributed by atoms with Crippen LogP contribution in [0.4, 0.5) is 0 Å². The lowest BCUT2D eigenvalue weighted by atomic mass is 9.70. The Morgan fingerprint density at radius 2 is 0.812 bits per heavy atom. The summed E-state index contributed by atoms with van der Waals surface area (Å²) in [4.78, 5) is 11.0. The van der Waals surface area contributed by atoms with Crippen LogP contribution >= 0.6 is 0 Å². The summed E-state index contributed by atoms with van der Waals surface area (Å²) in [7, 11) is 0. The Bertz CT molecular complexity index is 2890. The van der Waals surface area contributed by atoms with Crippen LogP contribution in [0.5, 0.6) is 0 Å². The highest BCUT2D eigenvalue weighted by molar-refractivity contribution is 5.86. The monoisotopic (exact) mass is 903 g/mol. The zero-order valence-electron chi connectivity index (χ0n) is 41.6. The Morgan fingerprint density at radius 3 is 1.38 bits per heavy atom. The van der Waals surface area contributed by atoms with Gasteiger partial charge >= 0.3 is 0 Å². The molecule has 0 amide bonds. The van der Waals surface area contributed by atoms with Crippen LogP contribution in [0.1, 0.15) is 137 Å². The summed E-state index contributed by atoms with van der Waals surface area (Å²) in [5, 5.41) is 0. The van der Waals surface area contributed by atoms with Crippen molar-refractivity contribution in [2.45, 2.75) is 123 Å². The fraction of sp³-hybridized carbons (Fsp3) is 0.284. The van der Waals surface area contributed by atoms with E-state index in [0.29, 0.717) is 0 Å². The number of benzene rings is 7. The highest BCUT2D eigenvalue weighted by Gasteiger charge is 2.42. The number of hydrogen-bond acceptors (Lipinski definition) is 2. The van der Waals surface area contributed by atoms with Crippen molar-refractivity contribution >= 4 is 12.2 Å². The van der Waals surface area contributed by atoms with Crippen molar-refractivity contribution in [2.24, 2.45) is 0 Å². The van der Waals surface area contributed by atoms with E-state index in [0.717, 1.165) is 50.6 Å². The molecule has 2 nitrogen and oxygen atoms in total. The van der Waals surface area contributed by atoms with Crippen molar-refractivity contribution in [2.75, 3.05) is 0 Å². The van der Waals surface area contributed by atoms with Crippen LogP contribution in [0.2, 0.25) is 0 Å². The van der Waals surface area contributed by atoms with Crippen LogP contribution in [0.3, 0.4) is 0 Å². The maximum absolute atomic E-state index is 5.58. The van der Waals surface area contributed by atoms with Gasteiger partial charge in [0.2, 0.25) is 0 Å².